The van der Waals surface area contributed by atoms with Crippen molar-refractivity contribution in [1.29, 1.82) is 0 Å². The Bertz CT molecular complexity index is 680. The van der Waals surface area contributed by atoms with Crippen LogP contribution < -0.4 is 10.2 Å². The van der Waals surface area contributed by atoms with Crippen LogP contribution in [0, 0.1) is 0 Å². The molecule has 1 N–H and O–H groups in total. The number of nitrogens with one attached hydrogen (secondary N) is 1. The molecule has 0 amide bonds. The minimum absolute atomic E-state index is 0.587. The second-order valence-electron chi connectivity index (χ2n) is 5.58. The molecule has 0 aliphatic rings. The van der Waals surface area contributed by atoms with E-state index in [1.165, 1.54) is 14.2 Å². The molecule has 0 aliphatic heterocycles. The minimum atomic E-state index is -3.36. The highest BCUT2D eigenvalue weighted by Crippen LogP contribution is 2.59. The zero-order valence-electron chi connectivity index (χ0n) is 15.3. The lowest BCUT2D eigenvalue weighted by atomic mass is 10.2. The highest BCUT2D eigenvalue weighted by atomic mass is 31.2. The molecule has 5 nitrogen and oxygen atoms in total. The molecular formula is C19H27N2O3P. The lowest BCUT2D eigenvalue weighted by Gasteiger charge is -2.27. The third-order valence-electron chi connectivity index (χ3n) is 4.24. The maximum Gasteiger partial charge on any atom is 0.356 e. The normalized spacial score (nSPS) is 12.6. The topological polar surface area (TPSA) is 50.8 Å². The smallest absolute Gasteiger partial charge is 0.356 e. The molecule has 0 spiro atoms. The van der Waals surface area contributed by atoms with Crippen LogP contribution >= 0.6 is 7.60 Å². The molecule has 0 saturated carbocycles. The largest absolute Gasteiger partial charge is 0.372 e. The van der Waals surface area contributed by atoms with Gasteiger partial charge in [-0.25, -0.2) is 0 Å². The van der Waals surface area contributed by atoms with Crippen LogP contribution in [0.4, 0.5) is 11.4 Å². The van der Waals surface area contributed by atoms with Gasteiger partial charge in [-0.15, -0.1) is 0 Å². The van der Waals surface area contributed by atoms with Crippen molar-refractivity contribution in [2.75, 3.05) is 37.5 Å². The molecule has 2 rings (SSSR count). The van der Waals surface area contributed by atoms with Gasteiger partial charge >= 0.3 is 7.60 Å². The minimum Gasteiger partial charge on any atom is -0.372 e. The van der Waals surface area contributed by atoms with E-state index in [9.17, 15) is 4.57 Å². The first-order chi connectivity index (χ1) is 12.1. The first kappa shape index (κ1) is 19.5. The molecule has 1 atom stereocenters. The number of hydrogen-bond donors (Lipinski definition) is 1. The van der Waals surface area contributed by atoms with E-state index in [2.05, 4.69) is 24.1 Å². The molecule has 0 heterocycles. The predicted molar refractivity (Wildman–Crippen MR) is 104 cm³/mol. The summed E-state index contributed by atoms with van der Waals surface area (Å²) < 4.78 is 23.6. The maximum absolute atomic E-state index is 13.1. The van der Waals surface area contributed by atoms with Crippen LogP contribution in [0.1, 0.15) is 25.2 Å². The molecule has 0 aliphatic carbocycles. The van der Waals surface area contributed by atoms with Gasteiger partial charge in [-0.2, -0.15) is 0 Å². The molecule has 25 heavy (non-hydrogen) atoms. The summed E-state index contributed by atoms with van der Waals surface area (Å²) in [6.07, 6.45) is 0. The highest BCUT2D eigenvalue weighted by molar-refractivity contribution is 7.54. The van der Waals surface area contributed by atoms with Crippen molar-refractivity contribution in [2.45, 2.75) is 19.6 Å². The second-order valence-corrected chi connectivity index (χ2v) is 7.91. The van der Waals surface area contributed by atoms with E-state index in [1.807, 2.05) is 54.6 Å². The number of para-hydroxylation sites is 1. The molecule has 0 fully saturated rings. The molecule has 1 unspecified atom stereocenters. The van der Waals surface area contributed by atoms with Gasteiger partial charge in [-0.3, -0.25) is 4.57 Å². The molecule has 0 saturated heterocycles. The Morgan fingerprint density at radius 2 is 1.52 bits per heavy atom. The van der Waals surface area contributed by atoms with Gasteiger partial charge in [0.05, 0.1) is 0 Å². The van der Waals surface area contributed by atoms with E-state index < -0.39 is 13.4 Å². The first-order valence-electron chi connectivity index (χ1n) is 8.45. The SMILES string of the molecule is CCN(CC)c1ccc(C(Nc2ccccc2)P(=O)(OC)OC)cc1. The number of benzene rings is 2. The predicted octanol–water partition coefficient (Wildman–Crippen LogP) is 5.13. The third kappa shape index (κ3) is 4.63. The van der Waals surface area contributed by atoms with Gasteiger partial charge in [-0.1, -0.05) is 30.3 Å². The van der Waals surface area contributed by atoms with Crippen LogP contribution in [0.2, 0.25) is 0 Å². The lowest BCUT2D eigenvalue weighted by molar-refractivity contribution is 0.268. The average Bonchev–Trinajstić information content (AvgIpc) is 2.68. The Morgan fingerprint density at radius 1 is 0.960 bits per heavy atom. The van der Waals surface area contributed by atoms with Gasteiger partial charge in [0.25, 0.3) is 0 Å². The van der Waals surface area contributed by atoms with Gasteiger partial charge in [0.15, 0.2) is 5.78 Å². The summed E-state index contributed by atoms with van der Waals surface area (Å²) in [5.41, 5.74) is 2.85. The molecule has 2 aromatic carbocycles. The zero-order valence-corrected chi connectivity index (χ0v) is 16.2. The van der Waals surface area contributed by atoms with Crippen molar-refractivity contribution in [3.05, 3.63) is 60.2 Å². The maximum atomic E-state index is 13.1. The Labute approximate surface area is 150 Å². The lowest BCUT2D eigenvalue weighted by Crippen LogP contribution is -2.21. The molecule has 2 aromatic rings. The fourth-order valence-corrected chi connectivity index (χ4v) is 4.19. The summed E-state index contributed by atoms with van der Waals surface area (Å²) in [5.74, 6) is -0.587. The molecule has 6 heteroatoms. The molecule has 0 bridgehead atoms. The van der Waals surface area contributed by atoms with Gasteiger partial charge < -0.3 is 19.3 Å². The van der Waals surface area contributed by atoms with Crippen molar-refractivity contribution < 1.29 is 13.6 Å². The third-order valence-corrected chi connectivity index (χ3v) is 6.32. The van der Waals surface area contributed by atoms with Gasteiger partial charge in [-0.05, 0) is 43.7 Å². The standard InChI is InChI=1S/C19H27N2O3P/c1-5-21(6-2)18-14-12-16(13-15-18)19(25(22,23-3)24-4)20-17-10-8-7-9-11-17/h7-15,19-20H,5-6H2,1-4H3. The van der Waals surface area contributed by atoms with Crippen LogP contribution in [-0.4, -0.2) is 27.3 Å². The summed E-state index contributed by atoms with van der Waals surface area (Å²) in [6, 6.07) is 17.7. The Hall–Kier alpha value is -1.81. The van der Waals surface area contributed by atoms with Crippen molar-refractivity contribution in [3.63, 3.8) is 0 Å². The Balaban J connectivity index is 2.36. The molecule has 0 aromatic heterocycles. The van der Waals surface area contributed by atoms with Crippen molar-refractivity contribution in [1.82, 2.24) is 0 Å². The van der Waals surface area contributed by atoms with E-state index in [1.54, 1.807) is 0 Å². The van der Waals surface area contributed by atoms with E-state index in [0.29, 0.717) is 0 Å². The molecular weight excluding hydrogens is 335 g/mol. The highest BCUT2D eigenvalue weighted by Gasteiger charge is 2.35. The fourth-order valence-electron chi connectivity index (χ4n) is 2.78. The van der Waals surface area contributed by atoms with Gasteiger partial charge in [0.1, 0.15) is 0 Å². The number of hydrogen-bond acceptors (Lipinski definition) is 5. The Kier molecular flexibility index (Phi) is 7.06. The van der Waals surface area contributed by atoms with Crippen LogP contribution in [0.3, 0.4) is 0 Å². The van der Waals surface area contributed by atoms with Crippen LogP contribution in [0.25, 0.3) is 0 Å². The summed E-state index contributed by atoms with van der Waals surface area (Å²) >= 11 is 0. The molecule has 0 radical (unpaired) electrons. The fraction of sp³-hybridized carbons (Fsp3) is 0.368. The Morgan fingerprint density at radius 3 is 2.00 bits per heavy atom. The summed E-state index contributed by atoms with van der Waals surface area (Å²) in [4.78, 5) is 2.26. The van der Waals surface area contributed by atoms with Crippen LogP contribution in [0.5, 0.6) is 0 Å². The van der Waals surface area contributed by atoms with Crippen molar-refractivity contribution >= 4 is 19.0 Å². The number of nitrogens with zero attached hydrogens (tertiary/aromatic N) is 1. The quantitative estimate of drug-likeness (QED) is 0.627. The number of rotatable bonds is 9. The summed E-state index contributed by atoms with van der Waals surface area (Å²) in [7, 11) is -0.534. The van der Waals surface area contributed by atoms with E-state index in [-0.39, 0.29) is 0 Å². The van der Waals surface area contributed by atoms with Crippen molar-refractivity contribution in [2.24, 2.45) is 0 Å². The molecule has 136 valence electrons. The van der Waals surface area contributed by atoms with Crippen molar-refractivity contribution in [3.8, 4) is 0 Å². The second kappa shape index (κ2) is 9.04. The van der Waals surface area contributed by atoms with E-state index in [4.69, 9.17) is 9.05 Å². The zero-order chi connectivity index (χ0) is 18.3. The summed E-state index contributed by atoms with van der Waals surface area (Å²) in [6.45, 7) is 6.13. The van der Waals surface area contributed by atoms with E-state index in [0.717, 1.165) is 30.0 Å². The summed E-state index contributed by atoms with van der Waals surface area (Å²) in [5, 5.41) is 3.29. The van der Waals surface area contributed by atoms with Crippen LogP contribution in [-0.2, 0) is 13.6 Å². The van der Waals surface area contributed by atoms with Gasteiger partial charge in [0, 0.05) is 38.7 Å². The number of anilines is 2. The average molecular weight is 362 g/mol. The van der Waals surface area contributed by atoms with Gasteiger partial charge in [0.2, 0.25) is 0 Å². The van der Waals surface area contributed by atoms with E-state index >= 15 is 0 Å². The monoisotopic (exact) mass is 362 g/mol. The first-order valence-corrected chi connectivity index (χ1v) is 10.1. The van der Waals surface area contributed by atoms with Crippen LogP contribution in [0.15, 0.2) is 54.6 Å².